The van der Waals surface area contributed by atoms with Gasteiger partial charge in [0.25, 0.3) is 0 Å². The fraction of sp³-hybridized carbons (Fsp3) is 0.167. The number of benzene rings is 1. The topological polar surface area (TPSA) is 38.5 Å². The molecule has 2 heterocycles. The minimum atomic E-state index is 0.607. The quantitative estimate of drug-likeness (QED) is 0.665. The number of nitrogens with zero attached hydrogens (tertiary/aromatic N) is 3. The highest BCUT2D eigenvalue weighted by Gasteiger charge is 2.15. The van der Waals surface area contributed by atoms with Crippen LogP contribution in [-0.4, -0.2) is 19.3 Å². The Hall–Kier alpha value is -1.11. The average Bonchev–Trinajstić information content (AvgIpc) is 2.79. The van der Waals surface area contributed by atoms with E-state index in [4.69, 9.17) is 23.8 Å². The van der Waals surface area contributed by atoms with Gasteiger partial charge in [-0.2, -0.15) is 5.10 Å². The van der Waals surface area contributed by atoms with Crippen LogP contribution in [0.1, 0.15) is 5.69 Å². The normalized spacial score (nSPS) is 11.4. The van der Waals surface area contributed by atoms with E-state index in [1.54, 1.807) is 4.68 Å². The number of nitrogens with one attached hydrogen (secondary N) is 1. The Labute approximate surface area is 128 Å². The number of aryl methyl sites for hydroxylation is 2. The third kappa shape index (κ3) is 1.94. The van der Waals surface area contributed by atoms with Crippen LogP contribution in [0, 0.1) is 11.7 Å². The van der Waals surface area contributed by atoms with Crippen molar-refractivity contribution in [1.29, 1.82) is 0 Å². The van der Waals surface area contributed by atoms with Gasteiger partial charge in [-0.05, 0) is 37.3 Å². The van der Waals surface area contributed by atoms with Crippen LogP contribution >= 0.6 is 39.7 Å². The van der Waals surface area contributed by atoms with Crippen molar-refractivity contribution >= 4 is 50.9 Å². The van der Waals surface area contributed by atoms with E-state index in [0.29, 0.717) is 9.79 Å². The van der Waals surface area contributed by atoms with Gasteiger partial charge in [-0.25, -0.2) is 4.68 Å². The molecule has 0 aliphatic rings. The lowest BCUT2D eigenvalue weighted by molar-refractivity contribution is 0.759. The lowest BCUT2D eigenvalue weighted by Gasteiger charge is -2.07. The zero-order valence-corrected chi connectivity index (χ0v) is 13.4. The van der Waals surface area contributed by atoms with Gasteiger partial charge < -0.3 is 4.98 Å². The number of aromatic amines is 1. The molecule has 0 bridgehead atoms. The summed E-state index contributed by atoms with van der Waals surface area (Å²) in [5.74, 6) is 0. The second-order valence-corrected chi connectivity index (χ2v) is 5.98. The molecule has 0 aliphatic heterocycles. The van der Waals surface area contributed by atoms with Crippen LogP contribution in [0.5, 0.6) is 0 Å². The van der Waals surface area contributed by atoms with Gasteiger partial charge in [0.1, 0.15) is 5.52 Å². The fourth-order valence-corrected chi connectivity index (χ4v) is 3.24. The van der Waals surface area contributed by atoms with Crippen molar-refractivity contribution < 1.29 is 0 Å². The van der Waals surface area contributed by atoms with Crippen LogP contribution in [-0.2, 0) is 7.05 Å². The molecule has 1 N–H and O–H groups in total. The molecule has 0 aliphatic carbocycles. The highest BCUT2D eigenvalue weighted by atomic mass is 79.9. The molecule has 0 atom stereocenters. The van der Waals surface area contributed by atoms with Crippen molar-refractivity contribution in [1.82, 2.24) is 19.3 Å². The SMILES string of the molecule is Cc1nn(C)c2c1[nH]c(=S)n2-c1ccc(Br)cc1Cl. The summed E-state index contributed by atoms with van der Waals surface area (Å²) in [6.07, 6.45) is 0. The number of imidazole rings is 1. The van der Waals surface area contributed by atoms with Gasteiger partial charge in [0.15, 0.2) is 10.4 Å². The first-order chi connectivity index (χ1) is 8.99. The van der Waals surface area contributed by atoms with E-state index >= 15 is 0 Å². The first kappa shape index (κ1) is 12.9. The molecule has 0 amide bonds. The van der Waals surface area contributed by atoms with E-state index in [-0.39, 0.29) is 0 Å². The number of aromatic nitrogens is 4. The lowest BCUT2D eigenvalue weighted by Crippen LogP contribution is -2.01. The Morgan fingerprint density at radius 1 is 1.42 bits per heavy atom. The third-order valence-electron chi connectivity index (χ3n) is 2.99. The second-order valence-electron chi connectivity index (χ2n) is 4.27. The summed E-state index contributed by atoms with van der Waals surface area (Å²) in [5, 5.41) is 5.02. The van der Waals surface area contributed by atoms with Crippen LogP contribution in [0.4, 0.5) is 0 Å². The summed E-state index contributed by atoms with van der Waals surface area (Å²) in [6.45, 7) is 1.95. The Kier molecular flexibility index (Phi) is 3.03. The minimum absolute atomic E-state index is 0.607. The van der Waals surface area contributed by atoms with Gasteiger partial charge in [-0.1, -0.05) is 27.5 Å². The second kappa shape index (κ2) is 4.47. The van der Waals surface area contributed by atoms with Crippen LogP contribution in [0.25, 0.3) is 16.9 Å². The van der Waals surface area contributed by atoms with E-state index in [1.165, 1.54) is 0 Å². The molecule has 0 fully saturated rings. The third-order valence-corrected chi connectivity index (χ3v) is 4.07. The fourth-order valence-electron chi connectivity index (χ4n) is 2.19. The molecule has 3 rings (SSSR count). The van der Waals surface area contributed by atoms with E-state index < -0.39 is 0 Å². The summed E-state index contributed by atoms with van der Waals surface area (Å²) >= 11 is 15.1. The first-order valence-electron chi connectivity index (χ1n) is 5.59. The van der Waals surface area contributed by atoms with Crippen molar-refractivity contribution in [2.45, 2.75) is 6.92 Å². The molecular weight excluding hydrogens is 348 g/mol. The zero-order chi connectivity index (χ0) is 13.7. The van der Waals surface area contributed by atoms with E-state index in [1.807, 2.05) is 36.7 Å². The van der Waals surface area contributed by atoms with E-state index in [0.717, 1.165) is 27.0 Å². The molecule has 1 aromatic carbocycles. The molecule has 0 spiro atoms. The van der Waals surface area contributed by atoms with Crippen LogP contribution in [0.15, 0.2) is 22.7 Å². The van der Waals surface area contributed by atoms with Crippen molar-refractivity contribution in [2.75, 3.05) is 0 Å². The Morgan fingerprint density at radius 3 is 2.84 bits per heavy atom. The minimum Gasteiger partial charge on any atom is -0.327 e. The lowest BCUT2D eigenvalue weighted by atomic mass is 10.3. The number of fused-ring (bicyclic) bond motifs is 1. The smallest absolute Gasteiger partial charge is 0.184 e. The number of halogens is 2. The molecule has 3 aromatic rings. The van der Waals surface area contributed by atoms with Crippen LogP contribution in [0.3, 0.4) is 0 Å². The van der Waals surface area contributed by atoms with Gasteiger partial charge >= 0.3 is 0 Å². The number of rotatable bonds is 1. The highest BCUT2D eigenvalue weighted by molar-refractivity contribution is 9.10. The van der Waals surface area contributed by atoms with Crippen LogP contribution < -0.4 is 0 Å². The summed E-state index contributed by atoms with van der Waals surface area (Å²) in [5.41, 5.74) is 3.60. The van der Waals surface area contributed by atoms with Gasteiger partial charge in [0, 0.05) is 11.5 Å². The summed E-state index contributed by atoms with van der Waals surface area (Å²) in [4.78, 5) is 3.18. The Balaban J connectivity index is 2.42. The van der Waals surface area contributed by atoms with Crippen molar-refractivity contribution in [3.05, 3.63) is 38.2 Å². The van der Waals surface area contributed by atoms with Crippen LogP contribution in [0.2, 0.25) is 5.02 Å². The Bertz CT molecular complexity index is 845. The molecule has 2 aromatic heterocycles. The maximum atomic E-state index is 6.31. The predicted molar refractivity (Wildman–Crippen MR) is 82.7 cm³/mol. The van der Waals surface area contributed by atoms with Gasteiger partial charge in [-0.15, -0.1) is 0 Å². The molecule has 0 radical (unpaired) electrons. The average molecular weight is 358 g/mol. The molecule has 19 heavy (non-hydrogen) atoms. The number of hydrogen-bond acceptors (Lipinski definition) is 2. The maximum absolute atomic E-state index is 6.31. The molecular formula is C12H10BrClN4S. The predicted octanol–water partition coefficient (Wildman–Crippen LogP) is 4.15. The standard InChI is InChI=1S/C12H10BrClN4S/c1-6-10-11(17(2)16-6)18(12(19)15-10)9-4-3-7(13)5-8(9)14/h3-5H,1-2H3,(H,15,19). The highest BCUT2D eigenvalue weighted by Crippen LogP contribution is 2.28. The van der Waals surface area contributed by atoms with Gasteiger partial charge in [0.05, 0.1) is 16.4 Å². The van der Waals surface area contributed by atoms with E-state index in [2.05, 4.69) is 26.0 Å². The molecule has 7 heteroatoms. The number of hydrogen-bond donors (Lipinski definition) is 1. The summed E-state index contributed by atoms with van der Waals surface area (Å²) in [7, 11) is 1.89. The summed E-state index contributed by atoms with van der Waals surface area (Å²) < 4.78 is 5.24. The van der Waals surface area contributed by atoms with Gasteiger partial charge in [-0.3, -0.25) is 4.57 Å². The van der Waals surface area contributed by atoms with E-state index in [9.17, 15) is 0 Å². The van der Waals surface area contributed by atoms with Gasteiger partial charge in [0.2, 0.25) is 0 Å². The molecule has 98 valence electrons. The maximum Gasteiger partial charge on any atom is 0.184 e. The van der Waals surface area contributed by atoms with Crippen molar-refractivity contribution in [3.63, 3.8) is 0 Å². The summed E-state index contributed by atoms with van der Waals surface area (Å²) in [6, 6.07) is 5.71. The van der Waals surface area contributed by atoms with Crippen molar-refractivity contribution in [2.24, 2.45) is 7.05 Å². The first-order valence-corrected chi connectivity index (χ1v) is 7.16. The molecule has 0 saturated heterocycles. The molecule has 0 saturated carbocycles. The Morgan fingerprint density at radius 2 is 2.16 bits per heavy atom. The molecule has 0 unspecified atom stereocenters. The number of H-pyrrole nitrogens is 1. The largest absolute Gasteiger partial charge is 0.327 e. The monoisotopic (exact) mass is 356 g/mol. The zero-order valence-electron chi connectivity index (χ0n) is 10.2. The van der Waals surface area contributed by atoms with Crippen molar-refractivity contribution in [3.8, 4) is 5.69 Å². The molecule has 4 nitrogen and oxygen atoms in total.